The van der Waals surface area contributed by atoms with Gasteiger partial charge in [0.15, 0.2) is 5.82 Å². The first-order chi connectivity index (χ1) is 27.2. The molecule has 8 aromatic carbocycles. The van der Waals surface area contributed by atoms with Crippen LogP contribution in [0, 0.1) is 0 Å². The van der Waals surface area contributed by atoms with Crippen molar-refractivity contribution in [1.29, 1.82) is 0 Å². The molecule has 0 aliphatic carbocycles. The highest BCUT2D eigenvalue weighted by Gasteiger charge is 2.21. The summed E-state index contributed by atoms with van der Waals surface area (Å²) in [7, 11) is 0. The van der Waals surface area contributed by atoms with Crippen molar-refractivity contribution < 1.29 is 4.42 Å². The fraction of sp³-hybridized carbons (Fsp3) is 0. The second-order valence-electron chi connectivity index (χ2n) is 13.8. The summed E-state index contributed by atoms with van der Waals surface area (Å²) in [6.07, 6.45) is 0. The Morgan fingerprint density at radius 2 is 0.782 bits per heavy atom. The van der Waals surface area contributed by atoms with Gasteiger partial charge in [-0.1, -0.05) is 170 Å². The Balaban J connectivity index is 1.24. The van der Waals surface area contributed by atoms with Gasteiger partial charge in [0, 0.05) is 27.5 Å². The highest BCUT2D eigenvalue weighted by molar-refractivity contribution is 6.07. The molecule has 3 nitrogen and oxygen atoms in total. The molecule has 0 amide bonds. The summed E-state index contributed by atoms with van der Waals surface area (Å²) in [5.74, 6) is 0.676. The molecule has 2 heterocycles. The highest BCUT2D eigenvalue weighted by Crippen LogP contribution is 2.45. The quantitative estimate of drug-likeness (QED) is 0.166. The van der Waals surface area contributed by atoms with Crippen LogP contribution in [0.25, 0.3) is 100 Å². The molecule has 0 aliphatic heterocycles. The van der Waals surface area contributed by atoms with Gasteiger partial charge in [0.05, 0.1) is 11.4 Å². The van der Waals surface area contributed by atoms with Gasteiger partial charge in [0.25, 0.3) is 0 Å². The van der Waals surface area contributed by atoms with E-state index in [9.17, 15) is 0 Å². The summed E-state index contributed by atoms with van der Waals surface area (Å²) < 4.78 is 6.44. The van der Waals surface area contributed by atoms with Crippen molar-refractivity contribution in [2.75, 3.05) is 0 Å². The van der Waals surface area contributed by atoms with Crippen LogP contribution in [0.3, 0.4) is 0 Å². The molecular formula is C52H34N2O. The standard InChI is InChI=1S/C52H34N2O/c1-5-15-35(16-6-1)37-25-27-38(28-26-37)47-34-48(54-52(53-47)40-21-11-4-12-22-40)46-32-42(36-17-7-2-8-18-36)31-45(51(46)39-19-9-3-10-20-39)41-29-30-44-43-23-13-14-24-49(43)55-50(44)33-41/h1-34H. The van der Waals surface area contributed by atoms with Gasteiger partial charge in [-0.2, -0.15) is 0 Å². The Bertz CT molecular complexity index is 2940. The summed E-state index contributed by atoms with van der Waals surface area (Å²) in [5, 5.41) is 2.22. The van der Waals surface area contributed by atoms with E-state index in [-0.39, 0.29) is 0 Å². The lowest BCUT2D eigenvalue weighted by Gasteiger charge is -2.19. The van der Waals surface area contributed by atoms with E-state index in [1.807, 2.05) is 36.4 Å². The van der Waals surface area contributed by atoms with E-state index >= 15 is 0 Å². The zero-order chi connectivity index (χ0) is 36.6. The topological polar surface area (TPSA) is 38.9 Å². The van der Waals surface area contributed by atoms with Crippen LogP contribution in [-0.2, 0) is 0 Å². The third-order valence-electron chi connectivity index (χ3n) is 10.3. The monoisotopic (exact) mass is 702 g/mol. The lowest BCUT2D eigenvalue weighted by atomic mass is 9.85. The van der Waals surface area contributed by atoms with Crippen molar-refractivity contribution in [3.05, 3.63) is 206 Å². The van der Waals surface area contributed by atoms with Crippen LogP contribution < -0.4 is 0 Å². The van der Waals surface area contributed by atoms with Gasteiger partial charge in [0.2, 0.25) is 0 Å². The van der Waals surface area contributed by atoms with Gasteiger partial charge in [-0.25, -0.2) is 9.97 Å². The van der Waals surface area contributed by atoms with Crippen LogP contribution in [0.5, 0.6) is 0 Å². The number of hydrogen-bond acceptors (Lipinski definition) is 3. The highest BCUT2D eigenvalue weighted by atomic mass is 16.3. The first kappa shape index (κ1) is 32.3. The summed E-state index contributed by atoms with van der Waals surface area (Å²) in [6, 6.07) is 72.2. The molecule has 55 heavy (non-hydrogen) atoms. The lowest BCUT2D eigenvalue weighted by molar-refractivity contribution is 0.669. The number of furan rings is 1. The molecule has 0 unspecified atom stereocenters. The predicted octanol–water partition coefficient (Wildman–Crippen LogP) is 14.0. The van der Waals surface area contributed by atoms with Gasteiger partial charge in [0.1, 0.15) is 11.2 Å². The second-order valence-corrected chi connectivity index (χ2v) is 13.8. The molecule has 0 bridgehead atoms. The van der Waals surface area contributed by atoms with E-state index in [1.54, 1.807) is 0 Å². The first-order valence-electron chi connectivity index (χ1n) is 18.6. The van der Waals surface area contributed by atoms with Gasteiger partial charge >= 0.3 is 0 Å². The summed E-state index contributed by atoms with van der Waals surface area (Å²) in [5.41, 5.74) is 15.4. The third kappa shape index (κ3) is 6.18. The number of para-hydroxylation sites is 1. The molecule has 0 aliphatic rings. The normalized spacial score (nSPS) is 11.3. The number of aromatic nitrogens is 2. The van der Waals surface area contributed by atoms with E-state index in [1.165, 1.54) is 5.56 Å². The molecule has 0 saturated heterocycles. The third-order valence-corrected chi connectivity index (χ3v) is 10.3. The Morgan fingerprint density at radius 1 is 0.291 bits per heavy atom. The number of nitrogens with zero attached hydrogens (tertiary/aromatic N) is 2. The Kier molecular flexibility index (Phi) is 8.16. The van der Waals surface area contributed by atoms with Crippen LogP contribution in [-0.4, -0.2) is 9.97 Å². The molecule has 258 valence electrons. The molecule has 10 aromatic rings. The van der Waals surface area contributed by atoms with E-state index in [0.29, 0.717) is 5.82 Å². The number of rotatable bonds is 7. The van der Waals surface area contributed by atoms with Crippen molar-refractivity contribution in [1.82, 2.24) is 9.97 Å². The average molecular weight is 703 g/mol. The Labute approximate surface area is 319 Å². The number of fused-ring (bicyclic) bond motifs is 3. The zero-order valence-electron chi connectivity index (χ0n) is 29.9. The summed E-state index contributed by atoms with van der Waals surface area (Å²) in [6.45, 7) is 0. The van der Waals surface area contributed by atoms with Crippen molar-refractivity contribution in [2.24, 2.45) is 0 Å². The SMILES string of the molecule is c1ccc(-c2ccc(-c3cc(-c4cc(-c5ccccc5)cc(-c5ccc6c(c5)oc5ccccc56)c4-c4ccccc4)nc(-c4ccccc4)n3)cc2)cc1. The summed E-state index contributed by atoms with van der Waals surface area (Å²) >= 11 is 0. The van der Waals surface area contributed by atoms with Crippen LogP contribution in [0.15, 0.2) is 211 Å². The molecule has 0 fully saturated rings. The van der Waals surface area contributed by atoms with Crippen LogP contribution in [0.2, 0.25) is 0 Å². The minimum absolute atomic E-state index is 0.676. The van der Waals surface area contributed by atoms with Crippen LogP contribution in [0.4, 0.5) is 0 Å². The summed E-state index contributed by atoms with van der Waals surface area (Å²) in [4.78, 5) is 10.6. The average Bonchev–Trinajstić information content (AvgIpc) is 3.65. The van der Waals surface area contributed by atoms with Crippen molar-refractivity contribution in [2.45, 2.75) is 0 Å². The smallest absolute Gasteiger partial charge is 0.160 e. The van der Waals surface area contributed by atoms with Crippen LogP contribution in [0.1, 0.15) is 0 Å². The van der Waals surface area contributed by atoms with E-state index in [0.717, 1.165) is 89.0 Å². The molecule has 0 spiro atoms. The largest absolute Gasteiger partial charge is 0.456 e. The molecule has 0 atom stereocenters. The molecule has 3 heteroatoms. The van der Waals surface area contributed by atoms with E-state index < -0.39 is 0 Å². The molecular weight excluding hydrogens is 669 g/mol. The van der Waals surface area contributed by atoms with E-state index in [4.69, 9.17) is 14.4 Å². The molecule has 0 radical (unpaired) electrons. The van der Waals surface area contributed by atoms with Crippen molar-refractivity contribution in [3.63, 3.8) is 0 Å². The maximum absolute atomic E-state index is 6.44. The lowest BCUT2D eigenvalue weighted by Crippen LogP contribution is -1.99. The first-order valence-corrected chi connectivity index (χ1v) is 18.6. The maximum Gasteiger partial charge on any atom is 0.160 e. The Hall–Kier alpha value is -7.36. The van der Waals surface area contributed by atoms with Gasteiger partial charge in [-0.3, -0.25) is 0 Å². The van der Waals surface area contributed by atoms with Gasteiger partial charge in [-0.05, 0) is 80.9 Å². The molecule has 0 N–H and O–H groups in total. The molecule has 10 rings (SSSR count). The fourth-order valence-electron chi connectivity index (χ4n) is 7.59. The predicted molar refractivity (Wildman–Crippen MR) is 227 cm³/mol. The van der Waals surface area contributed by atoms with Gasteiger partial charge < -0.3 is 4.42 Å². The second kappa shape index (κ2) is 13.9. The molecule has 0 saturated carbocycles. The molecule has 2 aromatic heterocycles. The zero-order valence-corrected chi connectivity index (χ0v) is 29.9. The maximum atomic E-state index is 6.44. The minimum Gasteiger partial charge on any atom is -0.456 e. The van der Waals surface area contributed by atoms with Crippen LogP contribution >= 0.6 is 0 Å². The fourth-order valence-corrected chi connectivity index (χ4v) is 7.59. The van der Waals surface area contributed by atoms with Gasteiger partial charge in [-0.15, -0.1) is 0 Å². The van der Waals surface area contributed by atoms with Crippen molar-refractivity contribution >= 4 is 21.9 Å². The number of benzene rings is 8. The Morgan fingerprint density at radius 3 is 1.47 bits per heavy atom. The number of hydrogen-bond donors (Lipinski definition) is 0. The minimum atomic E-state index is 0.676. The van der Waals surface area contributed by atoms with Crippen molar-refractivity contribution in [3.8, 4) is 78.4 Å². The van der Waals surface area contributed by atoms with E-state index in [2.05, 4.69) is 170 Å².